The summed E-state index contributed by atoms with van der Waals surface area (Å²) < 4.78 is 0. The molecule has 0 N–H and O–H groups in total. The van der Waals surface area contributed by atoms with E-state index in [1.807, 2.05) is 17.8 Å². The summed E-state index contributed by atoms with van der Waals surface area (Å²) in [5.74, 6) is 0. The molecule has 0 atom stereocenters. The molecular weight excluding hydrogens is 286 g/mol. The van der Waals surface area contributed by atoms with Crippen LogP contribution in [0.25, 0.3) is 0 Å². The minimum Gasteiger partial charge on any atom is -0.306 e. The Morgan fingerprint density at radius 1 is 0.950 bits per heavy atom. The number of likely N-dealkylation sites (N-methyl/N-ethyl adjacent to an activating group) is 1. The number of hydrogen-bond donors (Lipinski definition) is 0. The predicted molar refractivity (Wildman–Crippen MR) is 86.9 cm³/mol. The van der Waals surface area contributed by atoms with Gasteiger partial charge in [0, 0.05) is 27.9 Å². The third-order valence-electron chi connectivity index (χ3n) is 3.74. The first-order valence-corrected chi connectivity index (χ1v) is 8.14. The van der Waals surface area contributed by atoms with Crippen molar-refractivity contribution in [3.63, 3.8) is 0 Å². The van der Waals surface area contributed by atoms with Crippen molar-refractivity contribution in [3.8, 4) is 0 Å². The molecule has 104 valence electrons. The fourth-order valence-corrected chi connectivity index (χ4v) is 3.81. The third-order valence-corrected chi connectivity index (χ3v) is 5.21. The molecule has 1 aliphatic heterocycles. The van der Waals surface area contributed by atoms with E-state index >= 15 is 0 Å². The average Bonchev–Trinajstić information content (AvgIpc) is 2.46. The molecule has 20 heavy (non-hydrogen) atoms. The van der Waals surface area contributed by atoms with Gasteiger partial charge in [0.25, 0.3) is 0 Å². The molecule has 0 saturated heterocycles. The molecule has 0 bridgehead atoms. The summed E-state index contributed by atoms with van der Waals surface area (Å²) in [5.41, 5.74) is 2.79. The first-order valence-electron chi connectivity index (χ1n) is 6.95. The van der Waals surface area contributed by atoms with Crippen LogP contribution in [0.15, 0.2) is 52.3 Å². The van der Waals surface area contributed by atoms with E-state index in [1.54, 1.807) is 0 Å². The first-order chi connectivity index (χ1) is 9.72. The zero-order valence-corrected chi connectivity index (χ0v) is 13.2. The van der Waals surface area contributed by atoms with Gasteiger partial charge in [-0.2, -0.15) is 0 Å². The van der Waals surface area contributed by atoms with Crippen LogP contribution in [0, 0.1) is 0 Å². The van der Waals surface area contributed by atoms with Gasteiger partial charge < -0.3 is 4.90 Å². The zero-order valence-electron chi connectivity index (χ0n) is 11.6. The molecule has 1 nitrogen and oxygen atoms in total. The van der Waals surface area contributed by atoms with E-state index in [0.29, 0.717) is 0 Å². The van der Waals surface area contributed by atoms with E-state index in [1.165, 1.54) is 20.9 Å². The maximum absolute atomic E-state index is 6.16. The molecule has 0 aromatic heterocycles. The molecule has 0 saturated carbocycles. The Kier molecular flexibility index (Phi) is 4.35. The lowest BCUT2D eigenvalue weighted by molar-refractivity contribution is 0.341. The van der Waals surface area contributed by atoms with Crippen LogP contribution in [-0.2, 0) is 12.8 Å². The number of benzene rings is 2. The van der Waals surface area contributed by atoms with Gasteiger partial charge in [0.15, 0.2) is 0 Å². The van der Waals surface area contributed by atoms with E-state index in [4.69, 9.17) is 11.6 Å². The van der Waals surface area contributed by atoms with Crippen LogP contribution in [0.4, 0.5) is 0 Å². The van der Waals surface area contributed by atoms with Gasteiger partial charge >= 0.3 is 0 Å². The van der Waals surface area contributed by atoms with Gasteiger partial charge in [0.05, 0.1) is 0 Å². The van der Waals surface area contributed by atoms with Gasteiger partial charge in [-0.3, -0.25) is 0 Å². The second-order valence-electron chi connectivity index (χ2n) is 5.27. The standard InChI is InChI=1S/C17H18ClNS/c1-19-10-8-13-4-2-3-5-16(13)20-17-7-6-15(18)12-14(17)9-11-19/h2-7,12H,8-11H2,1H3. The number of fused-ring (bicyclic) bond motifs is 2. The van der Waals surface area contributed by atoms with Crippen molar-refractivity contribution in [2.75, 3.05) is 20.1 Å². The van der Waals surface area contributed by atoms with Crippen LogP contribution < -0.4 is 0 Å². The molecule has 3 heteroatoms. The van der Waals surface area contributed by atoms with Crippen LogP contribution in [0.2, 0.25) is 5.02 Å². The first kappa shape index (κ1) is 14.0. The van der Waals surface area contributed by atoms with E-state index in [9.17, 15) is 0 Å². The highest BCUT2D eigenvalue weighted by molar-refractivity contribution is 7.99. The summed E-state index contributed by atoms with van der Waals surface area (Å²) in [4.78, 5) is 5.10. The highest BCUT2D eigenvalue weighted by Gasteiger charge is 2.12. The lowest BCUT2D eigenvalue weighted by Gasteiger charge is -2.21. The predicted octanol–water partition coefficient (Wildman–Crippen LogP) is 4.52. The lowest BCUT2D eigenvalue weighted by atomic mass is 10.1. The number of halogens is 1. The van der Waals surface area contributed by atoms with Crippen molar-refractivity contribution < 1.29 is 0 Å². The van der Waals surface area contributed by atoms with Gasteiger partial charge in [-0.15, -0.1) is 0 Å². The molecule has 2 aromatic rings. The van der Waals surface area contributed by atoms with Gasteiger partial charge in [0.2, 0.25) is 0 Å². The Hall–Kier alpha value is -0.960. The average molecular weight is 304 g/mol. The van der Waals surface area contributed by atoms with Crippen molar-refractivity contribution >= 4 is 23.4 Å². The molecule has 2 aromatic carbocycles. The second kappa shape index (κ2) is 6.21. The monoisotopic (exact) mass is 303 g/mol. The van der Waals surface area contributed by atoms with E-state index < -0.39 is 0 Å². The van der Waals surface area contributed by atoms with Crippen LogP contribution in [0.3, 0.4) is 0 Å². The van der Waals surface area contributed by atoms with E-state index in [2.05, 4.69) is 48.3 Å². The topological polar surface area (TPSA) is 3.24 Å². The smallest absolute Gasteiger partial charge is 0.0409 e. The molecule has 3 rings (SSSR count). The number of nitrogens with zero attached hydrogens (tertiary/aromatic N) is 1. The molecule has 0 spiro atoms. The summed E-state index contributed by atoms with van der Waals surface area (Å²) in [6.45, 7) is 2.18. The van der Waals surface area contributed by atoms with Gasteiger partial charge in [0.1, 0.15) is 0 Å². The van der Waals surface area contributed by atoms with E-state index in [0.717, 1.165) is 31.0 Å². The fraction of sp³-hybridized carbons (Fsp3) is 0.294. The van der Waals surface area contributed by atoms with Crippen molar-refractivity contribution in [2.45, 2.75) is 22.6 Å². The number of rotatable bonds is 0. The van der Waals surface area contributed by atoms with Gasteiger partial charge in [-0.1, -0.05) is 41.6 Å². The second-order valence-corrected chi connectivity index (χ2v) is 6.79. The van der Waals surface area contributed by atoms with Crippen LogP contribution >= 0.6 is 23.4 Å². The summed E-state index contributed by atoms with van der Waals surface area (Å²) in [5, 5.41) is 0.831. The quantitative estimate of drug-likeness (QED) is 0.704. The summed E-state index contributed by atoms with van der Waals surface area (Å²) >= 11 is 8.03. The molecule has 0 radical (unpaired) electrons. The fourth-order valence-electron chi connectivity index (χ4n) is 2.51. The van der Waals surface area contributed by atoms with Crippen molar-refractivity contribution in [2.24, 2.45) is 0 Å². The van der Waals surface area contributed by atoms with Crippen LogP contribution in [0.5, 0.6) is 0 Å². The van der Waals surface area contributed by atoms with Gasteiger partial charge in [-0.25, -0.2) is 0 Å². The van der Waals surface area contributed by atoms with Crippen molar-refractivity contribution in [1.82, 2.24) is 4.90 Å². The minimum absolute atomic E-state index is 0.831. The largest absolute Gasteiger partial charge is 0.306 e. The van der Waals surface area contributed by atoms with Crippen LogP contribution in [0.1, 0.15) is 11.1 Å². The van der Waals surface area contributed by atoms with Crippen molar-refractivity contribution in [1.29, 1.82) is 0 Å². The molecule has 0 unspecified atom stereocenters. The normalized spacial score (nSPS) is 16.3. The molecule has 0 aliphatic carbocycles. The summed E-state index contributed by atoms with van der Waals surface area (Å²) in [6, 6.07) is 15.0. The lowest BCUT2D eigenvalue weighted by Crippen LogP contribution is -2.24. The Labute approximate surface area is 129 Å². The Balaban J connectivity index is 2.03. The third kappa shape index (κ3) is 3.20. The summed E-state index contributed by atoms with van der Waals surface area (Å²) in [7, 11) is 2.20. The Morgan fingerprint density at radius 2 is 1.65 bits per heavy atom. The molecular formula is C17H18ClNS. The zero-order chi connectivity index (χ0) is 13.9. The molecule has 0 fully saturated rings. The maximum Gasteiger partial charge on any atom is 0.0409 e. The van der Waals surface area contributed by atoms with Crippen molar-refractivity contribution in [3.05, 3.63) is 58.6 Å². The Bertz CT molecular complexity index is 612. The van der Waals surface area contributed by atoms with E-state index in [-0.39, 0.29) is 0 Å². The Morgan fingerprint density at radius 3 is 2.50 bits per heavy atom. The molecule has 1 aliphatic rings. The van der Waals surface area contributed by atoms with Crippen LogP contribution in [-0.4, -0.2) is 25.0 Å². The number of hydrogen-bond acceptors (Lipinski definition) is 2. The summed E-state index contributed by atoms with van der Waals surface area (Å²) in [6.07, 6.45) is 2.17. The minimum atomic E-state index is 0.831. The molecule has 0 amide bonds. The highest BCUT2D eigenvalue weighted by Crippen LogP contribution is 2.35. The highest BCUT2D eigenvalue weighted by atomic mass is 35.5. The van der Waals surface area contributed by atoms with Gasteiger partial charge in [-0.05, 0) is 55.3 Å². The molecule has 1 heterocycles. The SMILES string of the molecule is CN1CCc2ccccc2Sc2ccc(Cl)cc2CC1. The maximum atomic E-state index is 6.16.